The number of hydrogen-bond donors (Lipinski definition) is 1. The average molecular weight is 384 g/mol. The SMILES string of the molecule is Cc1cccc(C(O)Cc2cn3ccsc3n2)c1I. The zero-order valence-corrected chi connectivity index (χ0v) is 13.4. The van der Waals surface area contributed by atoms with Gasteiger partial charge >= 0.3 is 0 Å². The molecule has 0 fully saturated rings. The normalized spacial score (nSPS) is 13.0. The van der Waals surface area contributed by atoms with Crippen molar-refractivity contribution in [1.29, 1.82) is 0 Å². The Hall–Kier alpha value is -0.920. The molecule has 5 heteroatoms. The minimum absolute atomic E-state index is 0.503. The summed E-state index contributed by atoms with van der Waals surface area (Å²) in [6.45, 7) is 2.06. The Kier molecular flexibility index (Phi) is 3.60. The van der Waals surface area contributed by atoms with Crippen LogP contribution in [0, 0.1) is 10.5 Å². The van der Waals surface area contributed by atoms with Gasteiger partial charge in [-0.1, -0.05) is 18.2 Å². The molecule has 0 saturated heterocycles. The molecule has 0 bridgehead atoms. The number of aliphatic hydroxyl groups is 1. The number of nitrogens with zero attached hydrogens (tertiary/aromatic N) is 2. The summed E-state index contributed by atoms with van der Waals surface area (Å²) in [5.74, 6) is 0. The van der Waals surface area contributed by atoms with Crippen molar-refractivity contribution >= 4 is 38.9 Å². The van der Waals surface area contributed by atoms with Crippen LogP contribution in [0.4, 0.5) is 0 Å². The fourth-order valence-electron chi connectivity index (χ4n) is 2.11. The molecule has 2 aromatic heterocycles. The molecule has 19 heavy (non-hydrogen) atoms. The third-order valence-electron chi connectivity index (χ3n) is 3.13. The first kappa shape index (κ1) is 13.1. The van der Waals surface area contributed by atoms with Crippen molar-refractivity contribution in [3.63, 3.8) is 0 Å². The average Bonchev–Trinajstić information content (AvgIpc) is 2.93. The number of imidazole rings is 1. The number of aliphatic hydroxyl groups excluding tert-OH is 1. The zero-order chi connectivity index (χ0) is 13.4. The highest BCUT2D eigenvalue weighted by atomic mass is 127. The molecule has 2 heterocycles. The van der Waals surface area contributed by atoms with Crippen molar-refractivity contribution in [2.75, 3.05) is 0 Å². The van der Waals surface area contributed by atoms with Gasteiger partial charge in [0.1, 0.15) is 0 Å². The van der Waals surface area contributed by atoms with E-state index in [4.69, 9.17) is 0 Å². The van der Waals surface area contributed by atoms with Crippen LogP contribution in [0.5, 0.6) is 0 Å². The zero-order valence-electron chi connectivity index (χ0n) is 10.4. The molecule has 0 amide bonds. The van der Waals surface area contributed by atoms with E-state index >= 15 is 0 Å². The van der Waals surface area contributed by atoms with Gasteiger partial charge in [0, 0.05) is 27.8 Å². The topological polar surface area (TPSA) is 37.5 Å². The largest absolute Gasteiger partial charge is 0.388 e. The van der Waals surface area contributed by atoms with Gasteiger partial charge in [-0.25, -0.2) is 4.98 Å². The third kappa shape index (κ3) is 2.54. The molecular formula is C14H13IN2OS. The fraction of sp³-hybridized carbons (Fsp3) is 0.214. The van der Waals surface area contributed by atoms with Gasteiger partial charge < -0.3 is 5.11 Å². The van der Waals surface area contributed by atoms with E-state index in [-0.39, 0.29) is 0 Å². The van der Waals surface area contributed by atoms with Gasteiger partial charge in [-0.05, 0) is 40.6 Å². The van der Waals surface area contributed by atoms with E-state index in [0.29, 0.717) is 6.42 Å². The lowest BCUT2D eigenvalue weighted by atomic mass is 10.0. The van der Waals surface area contributed by atoms with E-state index in [1.54, 1.807) is 11.3 Å². The van der Waals surface area contributed by atoms with Crippen molar-refractivity contribution in [3.8, 4) is 0 Å². The van der Waals surface area contributed by atoms with E-state index in [1.807, 2.05) is 34.3 Å². The van der Waals surface area contributed by atoms with Crippen molar-refractivity contribution in [2.24, 2.45) is 0 Å². The Balaban J connectivity index is 1.86. The lowest BCUT2D eigenvalue weighted by molar-refractivity contribution is 0.176. The minimum Gasteiger partial charge on any atom is -0.388 e. The first-order valence-corrected chi connectivity index (χ1v) is 7.95. The summed E-state index contributed by atoms with van der Waals surface area (Å²) < 4.78 is 3.13. The number of aryl methyl sites for hydroxylation is 1. The molecule has 1 atom stereocenters. The summed E-state index contributed by atoms with van der Waals surface area (Å²) in [6.07, 6.45) is 4.02. The molecule has 0 spiro atoms. The summed E-state index contributed by atoms with van der Waals surface area (Å²) >= 11 is 3.90. The summed E-state index contributed by atoms with van der Waals surface area (Å²) in [5, 5.41) is 12.4. The second-order valence-corrected chi connectivity index (χ2v) is 6.47. The van der Waals surface area contributed by atoms with Crippen LogP contribution >= 0.6 is 33.9 Å². The van der Waals surface area contributed by atoms with Crippen molar-refractivity contribution in [3.05, 3.63) is 56.4 Å². The molecule has 0 aliphatic carbocycles. The quantitative estimate of drug-likeness (QED) is 0.701. The van der Waals surface area contributed by atoms with E-state index in [2.05, 4.69) is 40.6 Å². The molecule has 0 aliphatic rings. The molecule has 3 nitrogen and oxygen atoms in total. The molecule has 3 rings (SSSR count). The molecule has 98 valence electrons. The lowest BCUT2D eigenvalue weighted by Gasteiger charge is -2.13. The molecule has 1 aromatic carbocycles. The maximum Gasteiger partial charge on any atom is 0.193 e. The second kappa shape index (κ2) is 5.22. The first-order valence-electron chi connectivity index (χ1n) is 5.99. The number of aromatic nitrogens is 2. The fourth-order valence-corrected chi connectivity index (χ4v) is 3.55. The van der Waals surface area contributed by atoms with E-state index < -0.39 is 6.10 Å². The maximum absolute atomic E-state index is 10.4. The summed E-state index contributed by atoms with van der Waals surface area (Å²) in [4.78, 5) is 5.48. The molecule has 3 aromatic rings. The lowest BCUT2D eigenvalue weighted by Crippen LogP contribution is -2.05. The summed E-state index contributed by atoms with van der Waals surface area (Å²) in [5.41, 5.74) is 3.11. The monoisotopic (exact) mass is 384 g/mol. The standard InChI is InChI=1S/C14H13IN2OS/c1-9-3-2-4-11(13(9)15)12(18)7-10-8-17-5-6-19-14(17)16-10/h2-6,8,12,18H,7H2,1H3. The highest BCUT2D eigenvalue weighted by molar-refractivity contribution is 14.1. The number of benzene rings is 1. The number of rotatable bonds is 3. The predicted octanol–water partition coefficient (Wildman–Crippen LogP) is 3.58. The number of hydrogen-bond acceptors (Lipinski definition) is 3. The Morgan fingerprint density at radius 3 is 3.11 bits per heavy atom. The van der Waals surface area contributed by atoms with Crippen LogP contribution in [0.25, 0.3) is 4.96 Å². The van der Waals surface area contributed by atoms with Gasteiger partial charge in [-0.15, -0.1) is 11.3 Å². The highest BCUT2D eigenvalue weighted by Crippen LogP contribution is 2.25. The van der Waals surface area contributed by atoms with Crippen molar-refractivity contribution in [2.45, 2.75) is 19.4 Å². The van der Waals surface area contributed by atoms with Gasteiger partial charge in [0.2, 0.25) is 0 Å². The van der Waals surface area contributed by atoms with Crippen LogP contribution < -0.4 is 0 Å². The van der Waals surface area contributed by atoms with Crippen molar-refractivity contribution in [1.82, 2.24) is 9.38 Å². The van der Waals surface area contributed by atoms with Crippen LogP contribution in [0.3, 0.4) is 0 Å². The van der Waals surface area contributed by atoms with Crippen LogP contribution in [0.2, 0.25) is 0 Å². The highest BCUT2D eigenvalue weighted by Gasteiger charge is 2.15. The summed E-state index contributed by atoms with van der Waals surface area (Å²) in [6, 6.07) is 6.03. The summed E-state index contributed by atoms with van der Waals surface area (Å²) in [7, 11) is 0. The van der Waals surface area contributed by atoms with Gasteiger partial charge in [0.05, 0.1) is 11.8 Å². The molecule has 0 saturated carbocycles. The van der Waals surface area contributed by atoms with E-state index in [0.717, 1.165) is 19.8 Å². The van der Waals surface area contributed by atoms with E-state index in [1.165, 1.54) is 5.56 Å². The predicted molar refractivity (Wildman–Crippen MR) is 85.6 cm³/mol. The Labute approximate surface area is 129 Å². The molecule has 1 unspecified atom stereocenters. The van der Waals surface area contributed by atoms with Crippen LogP contribution in [-0.2, 0) is 6.42 Å². The number of thiazole rings is 1. The van der Waals surface area contributed by atoms with Crippen LogP contribution in [-0.4, -0.2) is 14.5 Å². The maximum atomic E-state index is 10.4. The van der Waals surface area contributed by atoms with Gasteiger partial charge in [-0.3, -0.25) is 4.40 Å². The third-order valence-corrected chi connectivity index (χ3v) is 5.37. The van der Waals surface area contributed by atoms with Crippen LogP contribution in [0.1, 0.15) is 22.9 Å². The Morgan fingerprint density at radius 1 is 1.47 bits per heavy atom. The molecule has 0 aliphatic heterocycles. The van der Waals surface area contributed by atoms with Gasteiger partial charge in [0.25, 0.3) is 0 Å². The van der Waals surface area contributed by atoms with Crippen molar-refractivity contribution < 1.29 is 5.11 Å². The molecule has 0 radical (unpaired) electrons. The second-order valence-electron chi connectivity index (χ2n) is 4.52. The van der Waals surface area contributed by atoms with Gasteiger partial charge in [0.15, 0.2) is 4.96 Å². The molecular weight excluding hydrogens is 371 g/mol. The van der Waals surface area contributed by atoms with E-state index in [9.17, 15) is 5.11 Å². The smallest absolute Gasteiger partial charge is 0.193 e. The van der Waals surface area contributed by atoms with Crippen LogP contribution in [0.15, 0.2) is 36.0 Å². The first-order chi connectivity index (χ1) is 9.15. The minimum atomic E-state index is -0.503. The Morgan fingerprint density at radius 2 is 2.32 bits per heavy atom. The number of fused-ring (bicyclic) bond motifs is 1. The molecule has 1 N–H and O–H groups in total. The van der Waals surface area contributed by atoms with Gasteiger partial charge in [-0.2, -0.15) is 0 Å². The number of halogens is 1. The Bertz CT molecular complexity index is 691.